The van der Waals surface area contributed by atoms with E-state index in [1.807, 2.05) is 47.0 Å². The van der Waals surface area contributed by atoms with Gasteiger partial charge in [-0.2, -0.15) is 4.99 Å². The minimum atomic E-state index is 0. The number of hydrogen-bond acceptors (Lipinski definition) is 4. The highest BCUT2D eigenvalue weighted by Crippen LogP contribution is 2.38. The molecular formula is C45H35Cl3N8S. The summed E-state index contributed by atoms with van der Waals surface area (Å²) in [6.07, 6.45) is 20.9. The molecule has 0 unspecified atom stereocenters. The maximum atomic E-state index is 5.39. The highest BCUT2D eigenvalue weighted by molar-refractivity contribution is 7.78. The lowest BCUT2D eigenvalue weighted by Crippen LogP contribution is -3.00. The molecule has 282 valence electrons. The number of benzene rings is 1. The number of aliphatic imine (C=N–C) groups is 1. The Kier molecular flexibility index (Phi) is 12.1. The number of fused-ring (bicyclic) bond motifs is 8. The van der Waals surface area contributed by atoms with E-state index in [1.165, 1.54) is 0 Å². The highest BCUT2D eigenvalue weighted by atomic mass is 35.5. The van der Waals surface area contributed by atoms with Gasteiger partial charge in [-0.1, -0.05) is 12.1 Å². The first-order valence-electron chi connectivity index (χ1n) is 17.6. The van der Waals surface area contributed by atoms with E-state index in [0.29, 0.717) is 0 Å². The van der Waals surface area contributed by atoms with Crippen molar-refractivity contribution in [3.8, 4) is 44.5 Å². The second-order valence-corrected chi connectivity index (χ2v) is 13.7. The van der Waals surface area contributed by atoms with Crippen LogP contribution in [0.3, 0.4) is 0 Å². The van der Waals surface area contributed by atoms with Crippen LogP contribution in [-0.4, -0.2) is 25.1 Å². The van der Waals surface area contributed by atoms with Crippen LogP contribution in [0.5, 0.6) is 0 Å². The molecule has 7 aromatic rings. The molecule has 0 spiro atoms. The van der Waals surface area contributed by atoms with E-state index in [1.54, 1.807) is 0 Å². The number of aromatic amines is 2. The first-order chi connectivity index (χ1) is 26.4. The van der Waals surface area contributed by atoms with Gasteiger partial charge in [0.25, 0.3) is 0 Å². The average molecular weight is 826 g/mol. The Bertz CT molecular complexity index is 2850. The third-order valence-electron chi connectivity index (χ3n) is 9.89. The van der Waals surface area contributed by atoms with Crippen molar-refractivity contribution < 1.29 is 50.9 Å². The van der Waals surface area contributed by atoms with Gasteiger partial charge in [0.2, 0.25) is 0 Å². The second kappa shape index (κ2) is 17.0. The summed E-state index contributed by atoms with van der Waals surface area (Å²) in [4.78, 5) is 22.6. The average Bonchev–Trinajstić information content (AvgIpc) is 4.02. The third-order valence-corrected chi connectivity index (χ3v) is 9.98. The van der Waals surface area contributed by atoms with Crippen LogP contribution in [0.1, 0.15) is 22.8 Å². The van der Waals surface area contributed by atoms with Crippen LogP contribution in [0.2, 0.25) is 0 Å². The summed E-state index contributed by atoms with van der Waals surface area (Å²) in [5.41, 5.74) is 16.1. The predicted octanol–water partition coefficient (Wildman–Crippen LogP) is -0.457. The zero-order valence-electron chi connectivity index (χ0n) is 31.1. The smallest absolute Gasteiger partial charge is 0.169 e. The van der Waals surface area contributed by atoms with Crippen molar-refractivity contribution in [2.24, 2.45) is 26.1 Å². The molecule has 8 heterocycles. The third kappa shape index (κ3) is 7.85. The zero-order chi connectivity index (χ0) is 36.8. The Morgan fingerprint density at radius 3 is 1.00 bits per heavy atom. The summed E-state index contributed by atoms with van der Waals surface area (Å²) in [6, 6.07) is 29.4. The van der Waals surface area contributed by atoms with Crippen LogP contribution in [0.25, 0.3) is 90.9 Å². The molecule has 0 fully saturated rings. The van der Waals surface area contributed by atoms with Crippen LogP contribution in [0, 0.1) is 0 Å². The quantitative estimate of drug-likeness (QED) is 0.140. The number of aryl methyl sites for hydroxylation is 3. The molecule has 0 atom stereocenters. The predicted molar refractivity (Wildman–Crippen MR) is 219 cm³/mol. The number of nitrogens with zero attached hydrogens (tertiary/aromatic N) is 6. The lowest BCUT2D eigenvalue weighted by atomic mass is 10.0. The largest absolute Gasteiger partial charge is 1.00 e. The molecule has 12 heteroatoms. The highest BCUT2D eigenvalue weighted by Gasteiger charge is 2.20. The van der Waals surface area contributed by atoms with E-state index in [-0.39, 0.29) is 37.2 Å². The van der Waals surface area contributed by atoms with Gasteiger partial charge in [-0.3, -0.25) is 0 Å². The number of rotatable bonds is 5. The van der Waals surface area contributed by atoms with Gasteiger partial charge in [-0.15, -0.1) is 0 Å². The van der Waals surface area contributed by atoms with Crippen molar-refractivity contribution in [3.05, 3.63) is 145 Å². The second-order valence-electron chi connectivity index (χ2n) is 13.5. The maximum absolute atomic E-state index is 5.39. The molecule has 0 aliphatic carbocycles. The Morgan fingerprint density at radius 2 is 0.719 bits per heavy atom. The number of aromatic nitrogens is 7. The van der Waals surface area contributed by atoms with Crippen molar-refractivity contribution in [1.82, 2.24) is 19.9 Å². The molecule has 2 aliphatic rings. The SMILES string of the molecule is C[n+]1ccc(-c2c3nc(c(-c4cc[n+](C)cc4)c4ccc([nH]4)c(-c4cc[n+](C)cc4)c4nc(c(-c5ccc(N=C=S)cc5)c5ccc2[nH]5)C=C4)C=C3)cc1.[Cl-].[Cl-].[Cl-]. The summed E-state index contributed by atoms with van der Waals surface area (Å²) in [6.45, 7) is 0. The van der Waals surface area contributed by atoms with Gasteiger partial charge in [-0.25, -0.2) is 23.7 Å². The van der Waals surface area contributed by atoms with Crippen molar-refractivity contribution in [1.29, 1.82) is 0 Å². The molecule has 6 aromatic heterocycles. The number of H-pyrrole nitrogens is 2. The van der Waals surface area contributed by atoms with Crippen LogP contribution in [0.4, 0.5) is 5.69 Å². The van der Waals surface area contributed by atoms with Gasteiger partial charge < -0.3 is 47.2 Å². The van der Waals surface area contributed by atoms with E-state index in [0.717, 1.165) is 95.0 Å². The monoisotopic (exact) mass is 824 g/mol. The lowest BCUT2D eigenvalue weighted by Gasteiger charge is -2.06. The summed E-state index contributed by atoms with van der Waals surface area (Å²) in [5, 5.41) is 2.48. The molecular weight excluding hydrogens is 791 g/mol. The first kappa shape index (κ1) is 40.6. The van der Waals surface area contributed by atoms with Gasteiger partial charge in [-0.05, 0) is 95.2 Å². The molecule has 2 N–H and O–H groups in total. The standard InChI is InChI=1S/C45H34N8S.3ClH/c1-51-22-16-30(17-23-51)43-36-10-8-34(47-36)42(29-4-6-33(7-5-29)46-28-54)35-9-11-37(48-35)44(31-18-24-52(2)25-19-31)39-13-15-41(50-39)45(40-14-12-38(43)49-40)32-20-26-53(3)27-21-32;;;/h4-27H,1-3H3,(H,47,48,49,50);3*1H/q+2;;;/p-2. The van der Waals surface area contributed by atoms with Gasteiger partial charge in [0, 0.05) is 80.7 Å². The molecule has 9 rings (SSSR count). The van der Waals surface area contributed by atoms with Crippen molar-refractivity contribution in [2.75, 3.05) is 0 Å². The van der Waals surface area contributed by atoms with Crippen LogP contribution in [-0.2, 0) is 21.1 Å². The minimum Gasteiger partial charge on any atom is -1.00 e. The first-order valence-corrected chi connectivity index (χ1v) is 18.0. The Balaban J connectivity index is 0.00000183. The van der Waals surface area contributed by atoms with Crippen molar-refractivity contribution >= 4 is 69.4 Å². The van der Waals surface area contributed by atoms with Gasteiger partial charge in [0.15, 0.2) is 37.2 Å². The van der Waals surface area contributed by atoms with E-state index >= 15 is 0 Å². The molecule has 0 saturated heterocycles. The lowest BCUT2D eigenvalue weighted by molar-refractivity contribution is -0.671. The number of thiocarbonyl (C=S) groups is 1. The summed E-state index contributed by atoms with van der Waals surface area (Å²) >= 11 is 4.88. The normalized spacial score (nSPS) is 11.2. The van der Waals surface area contributed by atoms with E-state index in [4.69, 9.17) is 22.2 Å². The topological polar surface area (TPSA) is 81.4 Å². The molecule has 0 radical (unpaired) electrons. The summed E-state index contributed by atoms with van der Waals surface area (Å²) in [7, 11) is 6.08. The van der Waals surface area contributed by atoms with Crippen LogP contribution < -0.4 is 50.9 Å². The number of isothiocyanates is 1. The fourth-order valence-corrected chi connectivity index (χ4v) is 7.28. The number of hydrogen-bond donors (Lipinski definition) is 2. The molecule has 1 aromatic carbocycles. The van der Waals surface area contributed by atoms with E-state index in [9.17, 15) is 0 Å². The summed E-state index contributed by atoms with van der Waals surface area (Å²) in [5.74, 6) is 0. The Morgan fingerprint density at radius 1 is 0.439 bits per heavy atom. The molecule has 57 heavy (non-hydrogen) atoms. The number of pyridine rings is 3. The van der Waals surface area contributed by atoms with Crippen molar-refractivity contribution in [2.45, 2.75) is 0 Å². The Labute approximate surface area is 353 Å². The van der Waals surface area contributed by atoms with Gasteiger partial charge in [0.1, 0.15) is 21.1 Å². The van der Waals surface area contributed by atoms with Crippen LogP contribution >= 0.6 is 12.2 Å². The van der Waals surface area contributed by atoms with Crippen LogP contribution in [0.15, 0.2) is 127 Å². The molecule has 8 bridgehead atoms. The van der Waals surface area contributed by atoms with E-state index < -0.39 is 0 Å². The van der Waals surface area contributed by atoms with Gasteiger partial charge >= 0.3 is 0 Å². The van der Waals surface area contributed by atoms with Crippen molar-refractivity contribution in [3.63, 3.8) is 0 Å². The van der Waals surface area contributed by atoms with Gasteiger partial charge in [0.05, 0.1) is 33.6 Å². The number of halogens is 3. The molecule has 0 saturated carbocycles. The zero-order valence-corrected chi connectivity index (χ0v) is 34.2. The molecule has 2 aliphatic heterocycles. The maximum Gasteiger partial charge on any atom is 0.169 e. The molecule has 8 nitrogen and oxygen atoms in total. The van der Waals surface area contributed by atoms with E-state index in [2.05, 4.69) is 154 Å². The fourth-order valence-electron chi connectivity index (χ4n) is 7.18. The number of nitrogens with one attached hydrogen (secondary N) is 2. The molecule has 0 amide bonds. The fraction of sp³-hybridized carbons (Fsp3) is 0.0667. The Hall–Kier alpha value is -6.06. The minimum absolute atomic E-state index is 0. The summed E-state index contributed by atoms with van der Waals surface area (Å²) < 4.78 is 6.12.